The summed E-state index contributed by atoms with van der Waals surface area (Å²) in [4.78, 5) is 6.73. The molecule has 4 rings (SSSR count). The second-order valence-electron chi connectivity index (χ2n) is 6.17. The largest absolute Gasteiger partial charge is 0.439 e. The van der Waals surface area contributed by atoms with Crippen LogP contribution in [0.4, 0.5) is 4.39 Å². The van der Waals surface area contributed by atoms with Crippen molar-refractivity contribution in [1.82, 2.24) is 9.88 Å². The molecular formula is C20H19FN2O. The van der Waals surface area contributed by atoms with Crippen molar-refractivity contribution in [2.24, 2.45) is 0 Å². The zero-order valence-electron chi connectivity index (χ0n) is 13.4. The Labute approximate surface area is 140 Å². The molecule has 122 valence electrons. The van der Waals surface area contributed by atoms with Gasteiger partial charge < -0.3 is 4.42 Å². The summed E-state index contributed by atoms with van der Waals surface area (Å²) < 4.78 is 19.4. The van der Waals surface area contributed by atoms with Crippen molar-refractivity contribution in [3.63, 3.8) is 0 Å². The molecule has 3 aromatic rings. The summed E-state index contributed by atoms with van der Waals surface area (Å²) in [5.41, 5.74) is 2.06. The summed E-state index contributed by atoms with van der Waals surface area (Å²) in [5, 5.41) is 0. The van der Waals surface area contributed by atoms with Gasteiger partial charge in [-0.3, -0.25) is 4.90 Å². The van der Waals surface area contributed by atoms with Gasteiger partial charge in [0.15, 0.2) is 5.76 Å². The molecule has 3 nitrogen and oxygen atoms in total. The average molecular weight is 322 g/mol. The molecule has 0 amide bonds. The number of oxazole rings is 1. The van der Waals surface area contributed by atoms with Crippen molar-refractivity contribution >= 4 is 0 Å². The number of nitrogens with zero attached hydrogens (tertiary/aromatic N) is 2. The molecule has 4 heteroatoms. The molecule has 1 aromatic heterocycles. The van der Waals surface area contributed by atoms with E-state index in [1.165, 1.54) is 6.07 Å². The predicted octanol–water partition coefficient (Wildman–Crippen LogP) is 4.82. The van der Waals surface area contributed by atoms with Crippen molar-refractivity contribution in [3.8, 4) is 11.3 Å². The molecule has 0 aliphatic carbocycles. The maximum absolute atomic E-state index is 13.5. The van der Waals surface area contributed by atoms with Crippen molar-refractivity contribution in [3.05, 3.63) is 78.1 Å². The van der Waals surface area contributed by atoms with Crippen LogP contribution in [-0.4, -0.2) is 16.4 Å². The van der Waals surface area contributed by atoms with E-state index in [1.54, 1.807) is 18.3 Å². The molecule has 0 saturated carbocycles. The molecule has 24 heavy (non-hydrogen) atoms. The monoisotopic (exact) mass is 322 g/mol. The first-order valence-corrected chi connectivity index (χ1v) is 8.29. The zero-order chi connectivity index (χ0) is 16.4. The van der Waals surface area contributed by atoms with E-state index in [0.29, 0.717) is 12.4 Å². The molecule has 1 atom stereocenters. The lowest BCUT2D eigenvalue weighted by molar-refractivity contribution is 0.224. The van der Waals surface area contributed by atoms with Crippen LogP contribution < -0.4 is 0 Å². The van der Waals surface area contributed by atoms with Gasteiger partial charge >= 0.3 is 0 Å². The van der Waals surface area contributed by atoms with Crippen LogP contribution in [0, 0.1) is 5.82 Å². The van der Waals surface area contributed by atoms with Gasteiger partial charge in [0.1, 0.15) is 5.82 Å². The Morgan fingerprint density at radius 2 is 2.00 bits per heavy atom. The van der Waals surface area contributed by atoms with Gasteiger partial charge in [-0.1, -0.05) is 42.5 Å². The lowest BCUT2D eigenvalue weighted by Gasteiger charge is -2.23. The quantitative estimate of drug-likeness (QED) is 0.690. The molecule has 1 fully saturated rings. The number of aromatic nitrogens is 1. The standard InChI is InChI=1S/C20H19FN2O/c21-17-9-4-8-16(12-17)18-10-5-11-23(18)14-20-22-13-19(24-20)15-6-2-1-3-7-15/h1-4,6-9,12-13,18H,5,10-11,14H2/t18-/m1/s1. The van der Waals surface area contributed by atoms with Crippen LogP contribution in [0.25, 0.3) is 11.3 Å². The van der Waals surface area contributed by atoms with Crippen LogP contribution in [-0.2, 0) is 6.54 Å². The topological polar surface area (TPSA) is 29.3 Å². The number of halogens is 1. The van der Waals surface area contributed by atoms with Crippen molar-refractivity contribution in [1.29, 1.82) is 0 Å². The number of hydrogen-bond acceptors (Lipinski definition) is 3. The van der Waals surface area contributed by atoms with Crippen LogP contribution in [0.5, 0.6) is 0 Å². The summed E-state index contributed by atoms with van der Waals surface area (Å²) in [7, 11) is 0. The summed E-state index contributed by atoms with van der Waals surface area (Å²) in [6.45, 7) is 1.62. The van der Waals surface area contributed by atoms with E-state index in [0.717, 1.165) is 36.3 Å². The third kappa shape index (κ3) is 3.10. The zero-order valence-corrected chi connectivity index (χ0v) is 13.4. The minimum absolute atomic E-state index is 0.179. The Balaban J connectivity index is 1.51. The number of likely N-dealkylation sites (tertiary alicyclic amines) is 1. The molecule has 0 unspecified atom stereocenters. The number of hydrogen-bond donors (Lipinski definition) is 0. The summed E-state index contributed by atoms with van der Waals surface area (Å²) in [5.74, 6) is 1.31. The fourth-order valence-electron chi connectivity index (χ4n) is 3.40. The van der Waals surface area contributed by atoms with Gasteiger partial charge in [-0.2, -0.15) is 0 Å². The normalized spacial score (nSPS) is 18.1. The number of benzene rings is 2. The van der Waals surface area contributed by atoms with Gasteiger partial charge in [0, 0.05) is 11.6 Å². The molecule has 1 aliphatic heterocycles. The second kappa shape index (κ2) is 6.57. The van der Waals surface area contributed by atoms with Gasteiger partial charge in [-0.15, -0.1) is 0 Å². The van der Waals surface area contributed by atoms with E-state index >= 15 is 0 Å². The van der Waals surface area contributed by atoms with Gasteiger partial charge in [-0.05, 0) is 37.1 Å². The molecular weight excluding hydrogens is 303 g/mol. The molecule has 0 N–H and O–H groups in total. The van der Waals surface area contributed by atoms with E-state index in [-0.39, 0.29) is 11.9 Å². The highest BCUT2D eigenvalue weighted by molar-refractivity contribution is 5.55. The summed E-state index contributed by atoms with van der Waals surface area (Å²) in [6, 6.07) is 17.1. The van der Waals surface area contributed by atoms with Crippen LogP contribution >= 0.6 is 0 Å². The Morgan fingerprint density at radius 1 is 1.12 bits per heavy atom. The molecule has 2 aromatic carbocycles. The lowest BCUT2D eigenvalue weighted by atomic mass is 10.0. The first-order chi connectivity index (χ1) is 11.8. The first-order valence-electron chi connectivity index (χ1n) is 8.29. The van der Waals surface area contributed by atoms with E-state index in [1.807, 2.05) is 36.4 Å². The molecule has 1 saturated heterocycles. The highest BCUT2D eigenvalue weighted by Gasteiger charge is 2.27. The van der Waals surface area contributed by atoms with Crippen LogP contribution in [0.2, 0.25) is 0 Å². The fourth-order valence-corrected chi connectivity index (χ4v) is 3.40. The molecule has 2 heterocycles. The smallest absolute Gasteiger partial charge is 0.209 e. The average Bonchev–Trinajstić information content (AvgIpc) is 3.26. The Bertz CT molecular complexity index is 815. The second-order valence-corrected chi connectivity index (χ2v) is 6.17. The van der Waals surface area contributed by atoms with E-state index in [2.05, 4.69) is 9.88 Å². The SMILES string of the molecule is Fc1cccc([C@H]2CCCN2Cc2ncc(-c3ccccc3)o2)c1. The van der Waals surface area contributed by atoms with E-state index in [9.17, 15) is 4.39 Å². The van der Waals surface area contributed by atoms with E-state index in [4.69, 9.17) is 4.42 Å². The fraction of sp³-hybridized carbons (Fsp3) is 0.250. The highest BCUT2D eigenvalue weighted by Crippen LogP contribution is 2.33. The Morgan fingerprint density at radius 3 is 2.83 bits per heavy atom. The van der Waals surface area contributed by atoms with Gasteiger partial charge in [0.2, 0.25) is 5.89 Å². The van der Waals surface area contributed by atoms with Crippen molar-refractivity contribution < 1.29 is 8.81 Å². The van der Waals surface area contributed by atoms with Crippen LogP contribution in [0.15, 0.2) is 65.2 Å². The van der Waals surface area contributed by atoms with Gasteiger partial charge in [0.05, 0.1) is 12.7 Å². The first kappa shape index (κ1) is 15.1. The minimum atomic E-state index is -0.179. The molecule has 0 radical (unpaired) electrons. The summed E-state index contributed by atoms with van der Waals surface area (Å²) >= 11 is 0. The molecule has 1 aliphatic rings. The minimum Gasteiger partial charge on any atom is -0.439 e. The van der Waals surface area contributed by atoms with E-state index < -0.39 is 0 Å². The van der Waals surface area contributed by atoms with Gasteiger partial charge in [0.25, 0.3) is 0 Å². The maximum atomic E-state index is 13.5. The third-order valence-electron chi connectivity index (χ3n) is 4.55. The van der Waals surface area contributed by atoms with Crippen molar-refractivity contribution in [2.45, 2.75) is 25.4 Å². The maximum Gasteiger partial charge on any atom is 0.209 e. The number of rotatable bonds is 4. The predicted molar refractivity (Wildman–Crippen MR) is 90.7 cm³/mol. The summed E-state index contributed by atoms with van der Waals surface area (Å²) in [6.07, 6.45) is 3.92. The Hall–Kier alpha value is -2.46. The third-order valence-corrected chi connectivity index (χ3v) is 4.55. The lowest BCUT2D eigenvalue weighted by Crippen LogP contribution is -2.23. The van der Waals surface area contributed by atoms with Crippen molar-refractivity contribution in [2.75, 3.05) is 6.54 Å². The van der Waals surface area contributed by atoms with Crippen LogP contribution in [0.1, 0.15) is 30.3 Å². The Kier molecular flexibility index (Phi) is 4.13. The van der Waals surface area contributed by atoms with Crippen LogP contribution in [0.3, 0.4) is 0 Å². The molecule has 0 spiro atoms. The highest BCUT2D eigenvalue weighted by atomic mass is 19.1. The molecule has 0 bridgehead atoms. The van der Waals surface area contributed by atoms with Gasteiger partial charge in [-0.25, -0.2) is 9.37 Å².